The molecule has 0 aliphatic carbocycles. The van der Waals surface area contributed by atoms with Gasteiger partial charge in [0.25, 0.3) is 0 Å². The van der Waals surface area contributed by atoms with E-state index in [1.165, 1.54) is 0 Å². The van der Waals surface area contributed by atoms with E-state index < -0.39 is 0 Å². The van der Waals surface area contributed by atoms with Crippen molar-refractivity contribution in [1.29, 1.82) is 0 Å². The zero-order valence-corrected chi connectivity index (χ0v) is 6.49. The van der Waals surface area contributed by atoms with E-state index in [0.29, 0.717) is 5.82 Å². The minimum Gasteiger partial charge on any atom is -0.382 e. The first kappa shape index (κ1) is 7.81. The fourth-order valence-corrected chi connectivity index (χ4v) is 0.822. The molecule has 4 nitrogen and oxygen atoms in total. The lowest BCUT2D eigenvalue weighted by Gasteiger charge is -2.16. The number of hydrogen-bond acceptors (Lipinski definition) is 4. The SMILES string of the molecule is CCN(N)c1cccnc1N. The van der Waals surface area contributed by atoms with Crippen LogP contribution in [0.5, 0.6) is 0 Å². The molecule has 1 aromatic heterocycles. The van der Waals surface area contributed by atoms with Crippen molar-refractivity contribution < 1.29 is 0 Å². The van der Waals surface area contributed by atoms with Crippen LogP contribution in [-0.2, 0) is 0 Å². The molecule has 0 aliphatic rings. The molecular weight excluding hydrogens is 140 g/mol. The zero-order valence-electron chi connectivity index (χ0n) is 6.49. The Hall–Kier alpha value is -1.29. The Morgan fingerprint density at radius 2 is 2.36 bits per heavy atom. The maximum absolute atomic E-state index is 5.61. The molecule has 0 aliphatic heterocycles. The van der Waals surface area contributed by atoms with Crippen LogP contribution in [-0.4, -0.2) is 11.5 Å². The lowest BCUT2D eigenvalue weighted by Crippen LogP contribution is -2.31. The first-order valence-corrected chi connectivity index (χ1v) is 3.48. The highest BCUT2D eigenvalue weighted by Crippen LogP contribution is 2.15. The first-order valence-electron chi connectivity index (χ1n) is 3.48. The van der Waals surface area contributed by atoms with Crippen molar-refractivity contribution in [3.8, 4) is 0 Å². The molecule has 0 aromatic carbocycles. The van der Waals surface area contributed by atoms with Crippen molar-refractivity contribution in [1.82, 2.24) is 4.98 Å². The van der Waals surface area contributed by atoms with E-state index in [1.807, 2.05) is 13.0 Å². The van der Waals surface area contributed by atoms with E-state index in [4.69, 9.17) is 11.6 Å². The van der Waals surface area contributed by atoms with Crippen LogP contribution in [0.15, 0.2) is 18.3 Å². The summed E-state index contributed by atoms with van der Waals surface area (Å²) in [6, 6.07) is 3.65. The minimum atomic E-state index is 0.469. The molecule has 1 heterocycles. The predicted molar refractivity (Wildman–Crippen MR) is 45.9 cm³/mol. The van der Waals surface area contributed by atoms with Crippen molar-refractivity contribution in [2.45, 2.75) is 6.92 Å². The summed E-state index contributed by atoms with van der Waals surface area (Å²) in [5, 5.41) is 1.56. The smallest absolute Gasteiger partial charge is 0.148 e. The summed E-state index contributed by atoms with van der Waals surface area (Å²) in [6.45, 7) is 2.67. The summed E-state index contributed by atoms with van der Waals surface area (Å²) >= 11 is 0. The van der Waals surface area contributed by atoms with Gasteiger partial charge in [0.1, 0.15) is 5.82 Å². The highest BCUT2D eigenvalue weighted by atomic mass is 15.4. The zero-order chi connectivity index (χ0) is 8.27. The molecule has 0 amide bonds. The molecule has 0 atom stereocenters. The van der Waals surface area contributed by atoms with Crippen molar-refractivity contribution in [2.75, 3.05) is 17.3 Å². The molecule has 1 rings (SSSR count). The summed E-state index contributed by atoms with van der Waals surface area (Å²) in [7, 11) is 0. The van der Waals surface area contributed by atoms with E-state index in [9.17, 15) is 0 Å². The van der Waals surface area contributed by atoms with E-state index in [1.54, 1.807) is 17.3 Å². The third-order valence-corrected chi connectivity index (χ3v) is 1.47. The number of nitrogen functional groups attached to an aromatic ring is 1. The molecule has 0 radical (unpaired) electrons. The van der Waals surface area contributed by atoms with Crippen LogP contribution in [0.2, 0.25) is 0 Å². The normalized spacial score (nSPS) is 9.64. The van der Waals surface area contributed by atoms with E-state index in [0.717, 1.165) is 12.2 Å². The Morgan fingerprint density at radius 1 is 1.64 bits per heavy atom. The molecule has 0 fully saturated rings. The minimum absolute atomic E-state index is 0.469. The van der Waals surface area contributed by atoms with Gasteiger partial charge in [0.05, 0.1) is 5.69 Å². The highest BCUT2D eigenvalue weighted by Gasteiger charge is 2.01. The van der Waals surface area contributed by atoms with Gasteiger partial charge in [-0.2, -0.15) is 0 Å². The average molecular weight is 152 g/mol. The largest absolute Gasteiger partial charge is 0.382 e. The van der Waals surface area contributed by atoms with E-state index in [2.05, 4.69) is 4.98 Å². The summed E-state index contributed by atoms with van der Waals surface area (Å²) < 4.78 is 0. The van der Waals surface area contributed by atoms with Crippen LogP contribution in [0.4, 0.5) is 11.5 Å². The summed E-state index contributed by atoms with van der Waals surface area (Å²) in [5.41, 5.74) is 6.34. The number of anilines is 2. The average Bonchev–Trinajstić information content (AvgIpc) is 2.04. The topological polar surface area (TPSA) is 68.2 Å². The van der Waals surface area contributed by atoms with Gasteiger partial charge in [-0.3, -0.25) is 0 Å². The number of hydrazine groups is 1. The van der Waals surface area contributed by atoms with Crippen LogP contribution < -0.4 is 16.6 Å². The van der Waals surface area contributed by atoms with Gasteiger partial charge in [-0.25, -0.2) is 10.8 Å². The Kier molecular flexibility index (Phi) is 2.28. The summed E-state index contributed by atoms with van der Waals surface area (Å²) in [6.07, 6.45) is 1.64. The standard InChI is InChI=1S/C7H12N4/c1-2-11(9)6-4-3-5-10-7(6)8/h3-5H,2,9H2,1H3,(H2,8,10). The lowest BCUT2D eigenvalue weighted by atomic mass is 10.4. The number of hydrogen-bond donors (Lipinski definition) is 2. The quantitative estimate of drug-likeness (QED) is 0.474. The Balaban J connectivity index is 2.93. The number of nitrogens with zero attached hydrogens (tertiary/aromatic N) is 2. The van der Waals surface area contributed by atoms with Crippen molar-refractivity contribution in [2.24, 2.45) is 5.84 Å². The molecule has 0 unspecified atom stereocenters. The Morgan fingerprint density at radius 3 is 2.91 bits per heavy atom. The van der Waals surface area contributed by atoms with Gasteiger partial charge < -0.3 is 10.7 Å². The fourth-order valence-electron chi connectivity index (χ4n) is 0.822. The number of rotatable bonds is 2. The van der Waals surface area contributed by atoms with Gasteiger partial charge in [0.15, 0.2) is 0 Å². The van der Waals surface area contributed by atoms with Gasteiger partial charge in [-0.05, 0) is 19.1 Å². The van der Waals surface area contributed by atoms with Crippen LogP contribution in [0.25, 0.3) is 0 Å². The summed E-state index contributed by atoms with van der Waals surface area (Å²) in [5.74, 6) is 6.08. The Bertz CT molecular complexity index is 236. The van der Waals surface area contributed by atoms with Crippen molar-refractivity contribution in [3.05, 3.63) is 18.3 Å². The van der Waals surface area contributed by atoms with Gasteiger partial charge >= 0.3 is 0 Å². The lowest BCUT2D eigenvalue weighted by molar-refractivity contribution is 0.890. The second-order valence-corrected chi connectivity index (χ2v) is 2.19. The number of pyridine rings is 1. The van der Waals surface area contributed by atoms with Crippen LogP contribution in [0.1, 0.15) is 6.92 Å². The maximum Gasteiger partial charge on any atom is 0.148 e. The fraction of sp³-hybridized carbons (Fsp3) is 0.286. The number of aromatic nitrogens is 1. The van der Waals surface area contributed by atoms with Crippen LogP contribution in [0, 0.1) is 0 Å². The van der Waals surface area contributed by atoms with Gasteiger partial charge in [0, 0.05) is 12.7 Å². The van der Waals surface area contributed by atoms with Gasteiger partial charge in [-0.15, -0.1) is 0 Å². The molecular formula is C7H12N4. The maximum atomic E-state index is 5.61. The third kappa shape index (κ3) is 1.59. The van der Waals surface area contributed by atoms with Crippen LogP contribution >= 0.6 is 0 Å². The van der Waals surface area contributed by atoms with Crippen molar-refractivity contribution >= 4 is 11.5 Å². The molecule has 4 heteroatoms. The number of nitrogens with two attached hydrogens (primary N) is 2. The van der Waals surface area contributed by atoms with Crippen molar-refractivity contribution in [3.63, 3.8) is 0 Å². The summed E-state index contributed by atoms with van der Waals surface area (Å²) in [4.78, 5) is 3.90. The molecule has 0 spiro atoms. The second kappa shape index (κ2) is 3.21. The monoisotopic (exact) mass is 152 g/mol. The molecule has 4 N–H and O–H groups in total. The predicted octanol–water partition coefficient (Wildman–Crippen LogP) is 0.364. The molecule has 0 saturated heterocycles. The molecule has 60 valence electrons. The second-order valence-electron chi connectivity index (χ2n) is 2.19. The molecule has 0 saturated carbocycles. The van der Waals surface area contributed by atoms with Gasteiger partial charge in [0.2, 0.25) is 0 Å². The Labute approximate surface area is 65.8 Å². The third-order valence-electron chi connectivity index (χ3n) is 1.47. The van der Waals surface area contributed by atoms with Gasteiger partial charge in [-0.1, -0.05) is 0 Å². The molecule has 0 bridgehead atoms. The van der Waals surface area contributed by atoms with Crippen LogP contribution in [0.3, 0.4) is 0 Å². The molecule has 11 heavy (non-hydrogen) atoms. The van der Waals surface area contributed by atoms with E-state index in [-0.39, 0.29) is 0 Å². The van der Waals surface area contributed by atoms with E-state index >= 15 is 0 Å². The first-order chi connectivity index (χ1) is 5.25. The molecule has 1 aromatic rings. The highest BCUT2D eigenvalue weighted by molar-refractivity contribution is 5.61.